The van der Waals surface area contributed by atoms with Gasteiger partial charge in [-0.3, -0.25) is 4.79 Å². The van der Waals surface area contributed by atoms with Gasteiger partial charge >= 0.3 is 65.9 Å². The van der Waals surface area contributed by atoms with Gasteiger partial charge in [-0.2, -0.15) is 0 Å². The van der Waals surface area contributed by atoms with E-state index in [0.717, 1.165) is 5.69 Å². The molecule has 5 N–H and O–H groups in total. The fourth-order valence-corrected chi connectivity index (χ4v) is 3.75. The van der Waals surface area contributed by atoms with Crippen molar-refractivity contribution in [3.63, 3.8) is 0 Å². The van der Waals surface area contributed by atoms with Crippen LogP contribution in [0.25, 0.3) is 0 Å². The molecule has 1 atom stereocenters. The summed E-state index contributed by atoms with van der Waals surface area (Å²) >= 11 is 0. The molecule has 2 aliphatic rings. The van der Waals surface area contributed by atoms with Crippen molar-refractivity contribution in [2.75, 3.05) is 13.1 Å². The average Bonchev–Trinajstić information content (AvgIpc) is 3.15. The third-order valence-corrected chi connectivity index (χ3v) is 5.37. The summed E-state index contributed by atoms with van der Waals surface area (Å²) in [6.07, 6.45) is 1.95. The molecule has 1 aromatic carbocycles. The molecule has 1 amide bonds. The number of carbonyl (C=O) groups is 2. The molecule has 0 spiro atoms. The first-order valence-corrected chi connectivity index (χ1v) is 9.73. The average molecular weight is 461 g/mol. The number of likely N-dealkylation sites (tertiary alicyclic amines) is 1. The van der Waals surface area contributed by atoms with Crippen molar-refractivity contribution in [1.82, 2.24) is 9.88 Å². The molecule has 1 saturated heterocycles. The van der Waals surface area contributed by atoms with Crippen LogP contribution in [0, 0.1) is 0 Å². The third-order valence-electron chi connectivity index (χ3n) is 5.37. The van der Waals surface area contributed by atoms with Gasteiger partial charge in [0, 0.05) is 18.3 Å². The molecule has 0 saturated carbocycles. The minimum absolute atomic E-state index is 0. The second-order valence-electron chi connectivity index (χ2n) is 7.72. The van der Waals surface area contributed by atoms with Crippen molar-refractivity contribution in [3.05, 3.63) is 47.3 Å². The Morgan fingerprint density at radius 3 is 2.66 bits per heavy atom. The van der Waals surface area contributed by atoms with Crippen LogP contribution < -0.4 is 79.3 Å². The minimum Gasteiger partial charge on any atom is -0.669 e. The number of aromatic amines is 1. The van der Waals surface area contributed by atoms with E-state index in [-0.39, 0.29) is 108 Å². The number of aromatic nitrogens is 1. The second-order valence-corrected chi connectivity index (χ2v) is 7.72. The summed E-state index contributed by atoms with van der Waals surface area (Å²) in [5.74, 6) is -1.92. The Hall–Kier alpha value is -1.02. The minimum atomic E-state index is -3.13. The Labute approximate surface area is 229 Å². The van der Waals surface area contributed by atoms with E-state index in [9.17, 15) is 24.7 Å². The van der Waals surface area contributed by atoms with Gasteiger partial charge in [-0.15, -0.1) is 0 Å². The molecule has 0 bridgehead atoms. The van der Waals surface area contributed by atoms with Gasteiger partial charge in [-0.05, 0) is 30.2 Å². The summed E-state index contributed by atoms with van der Waals surface area (Å²) in [6.45, 7) is -2.61. The van der Waals surface area contributed by atoms with Gasteiger partial charge in [-0.1, -0.05) is 12.4 Å². The smallest absolute Gasteiger partial charge is 0.669 e. The fourth-order valence-electron chi connectivity index (χ4n) is 3.75. The van der Waals surface area contributed by atoms with Gasteiger partial charge in [0.15, 0.2) is 0 Å². The van der Waals surface area contributed by atoms with Gasteiger partial charge < -0.3 is 45.0 Å². The SMILES string of the molecule is N[C@H](Cc1ccc[nH]1)C(=O)N1CC(Oc2ccc3c(c2C(=O)[O-])O[B-](O)(O)CC3)C1.[Na+].[Na+]. The third kappa shape index (κ3) is 5.91. The first kappa shape index (κ1) is 27.2. The van der Waals surface area contributed by atoms with Crippen LogP contribution in [0.15, 0.2) is 30.5 Å². The molecular formula is C19H22BN3Na2O7. The number of benzene rings is 1. The van der Waals surface area contributed by atoms with Crippen molar-refractivity contribution < 1.29 is 93.2 Å². The largest absolute Gasteiger partial charge is 1.00 e. The monoisotopic (exact) mass is 461 g/mol. The summed E-state index contributed by atoms with van der Waals surface area (Å²) in [4.78, 5) is 28.7. The van der Waals surface area contributed by atoms with Crippen molar-refractivity contribution in [3.8, 4) is 11.5 Å². The van der Waals surface area contributed by atoms with Crippen molar-refractivity contribution in [2.45, 2.75) is 31.3 Å². The van der Waals surface area contributed by atoms with E-state index >= 15 is 0 Å². The van der Waals surface area contributed by atoms with Gasteiger partial charge in [0.2, 0.25) is 5.91 Å². The first-order valence-electron chi connectivity index (χ1n) is 9.73. The van der Waals surface area contributed by atoms with E-state index in [1.807, 2.05) is 12.1 Å². The van der Waals surface area contributed by atoms with E-state index in [0.29, 0.717) is 12.0 Å². The maximum Gasteiger partial charge on any atom is 1.00 e. The number of aryl methyl sites for hydroxylation is 1. The number of carbonyl (C=O) groups excluding carboxylic acids is 2. The number of nitrogens with two attached hydrogens (primary N) is 1. The second kappa shape index (κ2) is 10.9. The number of aromatic carboxylic acids is 1. The molecule has 2 aromatic rings. The van der Waals surface area contributed by atoms with Crippen LogP contribution in [-0.4, -0.2) is 63.8 Å². The Balaban J connectivity index is 0.00000181. The quantitative estimate of drug-likeness (QED) is 0.309. The van der Waals surface area contributed by atoms with Crippen LogP contribution in [0.5, 0.6) is 11.5 Å². The maximum atomic E-state index is 12.4. The molecule has 4 rings (SSSR count). The van der Waals surface area contributed by atoms with E-state index < -0.39 is 24.9 Å². The molecule has 0 radical (unpaired) electrons. The Bertz CT molecular complexity index is 968. The Morgan fingerprint density at radius 2 is 2.03 bits per heavy atom. The predicted molar refractivity (Wildman–Crippen MR) is 104 cm³/mol. The Morgan fingerprint density at radius 1 is 1.31 bits per heavy atom. The van der Waals surface area contributed by atoms with Crippen LogP contribution in [0.2, 0.25) is 6.32 Å². The van der Waals surface area contributed by atoms with Gasteiger partial charge in [-0.25, -0.2) is 0 Å². The molecule has 13 heteroatoms. The molecule has 32 heavy (non-hydrogen) atoms. The summed E-state index contributed by atoms with van der Waals surface area (Å²) in [6, 6.07) is 6.10. The van der Waals surface area contributed by atoms with Crippen molar-refractivity contribution >= 4 is 18.6 Å². The van der Waals surface area contributed by atoms with Crippen LogP contribution in [0.4, 0.5) is 0 Å². The van der Waals surface area contributed by atoms with Crippen LogP contribution in [0.3, 0.4) is 0 Å². The number of fused-ring (bicyclic) bond motifs is 1. The topological polar surface area (TPSA) is 161 Å². The van der Waals surface area contributed by atoms with Crippen LogP contribution >= 0.6 is 0 Å². The number of H-pyrrole nitrogens is 1. The maximum absolute atomic E-state index is 12.4. The number of carboxylic acid groups (broad SMARTS) is 1. The predicted octanol–water partition coefficient (Wildman–Crippen LogP) is -7.60. The number of carboxylic acids is 1. The zero-order chi connectivity index (χ0) is 21.5. The van der Waals surface area contributed by atoms with E-state index in [2.05, 4.69) is 4.98 Å². The van der Waals surface area contributed by atoms with Gasteiger partial charge in [0.25, 0.3) is 0 Å². The number of hydrogen-bond acceptors (Lipinski definition) is 8. The van der Waals surface area contributed by atoms with E-state index in [4.69, 9.17) is 15.1 Å². The molecule has 0 aliphatic carbocycles. The molecule has 3 heterocycles. The summed E-state index contributed by atoms with van der Waals surface area (Å²) < 4.78 is 10.9. The number of hydrogen-bond donors (Lipinski definition) is 4. The molecule has 0 unspecified atom stereocenters. The normalized spacial score (nSPS) is 17.5. The van der Waals surface area contributed by atoms with Crippen LogP contribution in [0.1, 0.15) is 21.6 Å². The van der Waals surface area contributed by atoms with Gasteiger partial charge in [0.1, 0.15) is 11.9 Å². The zero-order valence-electron chi connectivity index (χ0n) is 18.1. The number of nitrogens with zero attached hydrogens (tertiary/aromatic N) is 1. The summed E-state index contributed by atoms with van der Waals surface area (Å²) in [5, 5.41) is 31.3. The van der Waals surface area contributed by atoms with Crippen LogP contribution in [-0.2, 0) is 17.6 Å². The molecule has 1 aromatic heterocycles. The molecule has 160 valence electrons. The first-order chi connectivity index (χ1) is 14.2. The molecule has 10 nitrogen and oxygen atoms in total. The number of nitrogens with one attached hydrogen (secondary N) is 1. The van der Waals surface area contributed by atoms with Crippen molar-refractivity contribution in [1.29, 1.82) is 0 Å². The number of ether oxygens (including phenoxy) is 1. The molecule has 2 aliphatic heterocycles. The fraction of sp³-hybridized carbons (Fsp3) is 0.368. The molecule has 1 fully saturated rings. The van der Waals surface area contributed by atoms with Crippen molar-refractivity contribution in [2.24, 2.45) is 5.73 Å². The van der Waals surface area contributed by atoms with E-state index in [1.165, 1.54) is 6.07 Å². The van der Waals surface area contributed by atoms with E-state index in [1.54, 1.807) is 17.2 Å². The summed E-state index contributed by atoms with van der Waals surface area (Å²) in [5.41, 5.74) is 7.01. The van der Waals surface area contributed by atoms with Gasteiger partial charge in [0.05, 0.1) is 36.4 Å². The number of amides is 1. The summed E-state index contributed by atoms with van der Waals surface area (Å²) in [7, 11) is 0. The standard InChI is InChI=1S/C19H23BN3O7.2Na/c21-14(8-12-2-1-7-22-12)18(24)23-9-13(10-23)29-15-4-3-11-5-6-20(27,28)30-17(11)16(15)19(25)26;;/h1-4,7,13-14,22,27-28H,5-6,8-10,21H2,(H,25,26);;/q-1;2*+1/p-1/t14-;;/m1../s1. The Kier molecular flexibility index (Phi) is 9.31. The number of rotatable bonds is 6. The zero-order valence-corrected chi connectivity index (χ0v) is 22.1. The molecular weight excluding hydrogens is 439 g/mol.